The van der Waals surface area contributed by atoms with E-state index in [1.54, 1.807) is 12.4 Å². The van der Waals surface area contributed by atoms with Crippen LogP contribution in [0.5, 0.6) is 0 Å². The number of carboxylic acids is 1. The Labute approximate surface area is 81.1 Å². The molecule has 0 saturated heterocycles. The summed E-state index contributed by atoms with van der Waals surface area (Å²) >= 11 is 0. The number of hydrogen-bond donors (Lipinski definition) is 3. The van der Waals surface area contributed by atoms with Crippen LogP contribution >= 0.6 is 0 Å². The van der Waals surface area contributed by atoms with E-state index in [4.69, 9.17) is 5.11 Å². The van der Waals surface area contributed by atoms with Crippen LogP contribution in [0.25, 0.3) is 0 Å². The number of aromatic nitrogens is 1. The highest BCUT2D eigenvalue weighted by Crippen LogP contribution is 2.04. The summed E-state index contributed by atoms with van der Waals surface area (Å²) in [6.07, 6.45) is 3.24. The largest absolute Gasteiger partial charge is 0.481 e. The maximum Gasteiger partial charge on any atom is 0.305 e. The molecule has 0 saturated carbocycles. The van der Waals surface area contributed by atoms with E-state index in [0.717, 1.165) is 5.56 Å². The number of nitrogens with one attached hydrogen (secondary N) is 2. The number of aliphatic carboxylic acids is 1. The van der Waals surface area contributed by atoms with Gasteiger partial charge in [-0.25, -0.2) is 0 Å². The number of carbonyl (C=O) groups is 2. The third-order valence-corrected chi connectivity index (χ3v) is 1.82. The van der Waals surface area contributed by atoms with Gasteiger partial charge < -0.3 is 15.4 Å². The predicted molar refractivity (Wildman–Crippen MR) is 50.1 cm³/mol. The lowest BCUT2D eigenvalue weighted by Crippen LogP contribution is -2.26. The maximum atomic E-state index is 11.4. The minimum absolute atomic E-state index is 0.0603. The van der Waals surface area contributed by atoms with E-state index < -0.39 is 5.97 Å². The maximum absolute atomic E-state index is 11.4. The first-order chi connectivity index (χ1) is 6.61. The van der Waals surface area contributed by atoms with Gasteiger partial charge in [0.15, 0.2) is 0 Å². The molecule has 1 heterocycles. The third-order valence-electron chi connectivity index (χ3n) is 1.82. The van der Waals surface area contributed by atoms with Gasteiger partial charge in [-0.3, -0.25) is 9.59 Å². The van der Waals surface area contributed by atoms with Crippen molar-refractivity contribution in [2.24, 2.45) is 0 Å². The van der Waals surface area contributed by atoms with Crippen LogP contribution < -0.4 is 5.32 Å². The molecular weight excluding hydrogens is 184 g/mol. The predicted octanol–water partition coefficient (Wildman–Crippen LogP) is 0.528. The van der Waals surface area contributed by atoms with E-state index in [-0.39, 0.29) is 18.9 Å². The van der Waals surface area contributed by atoms with Gasteiger partial charge in [0.25, 0.3) is 5.91 Å². The Kier molecular flexibility index (Phi) is 3.28. The Hall–Kier alpha value is -1.78. The van der Waals surface area contributed by atoms with Crippen LogP contribution in [0.4, 0.5) is 0 Å². The number of hydrogen-bond acceptors (Lipinski definition) is 2. The summed E-state index contributed by atoms with van der Waals surface area (Å²) < 4.78 is 0. The number of H-pyrrole nitrogens is 1. The third kappa shape index (κ3) is 2.62. The van der Waals surface area contributed by atoms with Crippen molar-refractivity contribution in [3.63, 3.8) is 0 Å². The zero-order valence-electron chi connectivity index (χ0n) is 7.83. The molecule has 0 aliphatic heterocycles. The standard InChI is InChI=1S/C9H12N2O3/c1-6-4-10-5-7(6)9(14)11-3-2-8(12)13/h4-5,10H,2-3H2,1H3,(H,11,14)(H,12,13). The lowest BCUT2D eigenvalue weighted by atomic mass is 10.2. The Balaban J connectivity index is 2.44. The molecule has 5 heteroatoms. The molecule has 0 atom stereocenters. The van der Waals surface area contributed by atoms with Gasteiger partial charge in [0.05, 0.1) is 12.0 Å². The first-order valence-corrected chi connectivity index (χ1v) is 4.24. The van der Waals surface area contributed by atoms with Crippen molar-refractivity contribution in [2.75, 3.05) is 6.54 Å². The fourth-order valence-electron chi connectivity index (χ4n) is 1.06. The molecule has 1 aromatic heterocycles. The second kappa shape index (κ2) is 4.45. The minimum Gasteiger partial charge on any atom is -0.481 e. The van der Waals surface area contributed by atoms with Crippen LogP contribution in [0, 0.1) is 6.92 Å². The summed E-state index contributed by atoms with van der Waals surface area (Å²) in [6.45, 7) is 1.96. The summed E-state index contributed by atoms with van der Waals surface area (Å²) in [7, 11) is 0. The number of carbonyl (C=O) groups excluding carboxylic acids is 1. The number of amides is 1. The van der Waals surface area contributed by atoms with E-state index in [1.807, 2.05) is 6.92 Å². The second-order valence-electron chi connectivity index (χ2n) is 2.95. The highest BCUT2D eigenvalue weighted by atomic mass is 16.4. The van der Waals surface area contributed by atoms with Crippen molar-refractivity contribution in [3.05, 3.63) is 23.5 Å². The molecule has 0 aromatic carbocycles. The van der Waals surface area contributed by atoms with Crippen LogP contribution in [-0.4, -0.2) is 28.5 Å². The zero-order chi connectivity index (χ0) is 10.6. The number of carboxylic acid groups (broad SMARTS) is 1. The van der Waals surface area contributed by atoms with E-state index >= 15 is 0 Å². The van der Waals surface area contributed by atoms with Crippen LogP contribution in [0.3, 0.4) is 0 Å². The molecule has 0 aliphatic rings. The molecule has 0 spiro atoms. The second-order valence-corrected chi connectivity index (χ2v) is 2.95. The first-order valence-electron chi connectivity index (χ1n) is 4.24. The quantitative estimate of drug-likeness (QED) is 0.656. The van der Waals surface area contributed by atoms with Gasteiger partial charge in [-0.1, -0.05) is 0 Å². The molecule has 0 unspecified atom stereocenters. The van der Waals surface area contributed by atoms with Gasteiger partial charge in [-0.15, -0.1) is 0 Å². The van der Waals surface area contributed by atoms with E-state index in [0.29, 0.717) is 5.56 Å². The van der Waals surface area contributed by atoms with Crippen LogP contribution in [0.1, 0.15) is 22.3 Å². The highest BCUT2D eigenvalue weighted by molar-refractivity contribution is 5.95. The average molecular weight is 196 g/mol. The Morgan fingerprint density at radius 1 is 1.50 bits per heavy atom. The lowest BCUT2D eigenvalue weighted by Gasteiger charge is -2.01. The van der Waals surface area contributed by atoms with Gasteiger partial charge in [0, 0.05) is 18.9 Å². The lowest BCUT2D eigenvalue weighted by molar-refractivity contribution is -0.136. The van der Waals surface area contributed by atoms with E-state index in [2.05, 4.69) is 10.3 Å². The smallest absolute Gasteiger partial charge is 0.305 e. The van der Waals surface area contributed by atoms with E-state index in [9.17, 15) is 9.59 Å². The van der Waals surface area contributed by atoms with Gasteiger partial charge >= 0.3 is 5.97 Å². The Morgan fingerprint density at radius 2 is 2.21 bits per heavy atom. The van der Waals surface area contributed by atoms with Gasteiger partial charge in [0.2, 0.25) is 0 Å². The topological polar surface area (TPSA) is 82.2 Å². The zero-order valence-corrected chi connectivity index (χ0v) is 7.83. The molecule has 1 amide bonds. The molecule has 76 valence electrons. The van der Waals surface area contributed by atoms with Gasteiger partial charge in [-0.2, -0.15) is 0 Å². The van der Waals surface area contributed by atoms with Crippen LogP contribution in [-0.2, 0) is 4.79 Å². The van der Waals surface area contributed by atoms with E-state index in [1.165, 1.54) is 0 Å². The van der Waals surface area contributed by atoms with Gasteiger partial charge in [0.1, 0.15) is 0 Å². The molecular formula is C9H12N2O3. The summed E-state index contributed by atoms with van der Waals surface area (Å²) in [5.74, 6) is -1.17. The van der Waals surface area contributed by atoms with Gasteiger partial charge in [-0.05, 0) is 12.5 Å². The van der Waals surface area contributed by atoms with Crippen LogP contribution in [0.2, 0.25) is 0 Å². The fourth-order valence-corrected chi connectivity index (χ4v) is 1.06. The molecule has 0 fully saturated rings. The van der Waals surface area contributed by atoms with Crippen molar-refractivity contribution in [3.8, 4) is 0 Å². The monoisotopic (exact) mass is 196 g/mol. The molecule has 5 nitrogen and oxygen atoms in total. The summed E-state index contributed by atoms with van der Waals surface area (Å²) in [6, 6.07) is 0. The van der Waals surface area contributed by atoms with Crippen molar-refractivity contribution < 1.29 is 14.7 Å². The normalized spacial score (nSPS) is 9.79. The van der Waals surface area contributed by atoms with Crippen molar-refractivity contribution in [1.29, 1.82) is 0 Å². The highest BCUT2D eigenvalue weighted by Gasteiger charge is 2.08. The minimum atomic E-state index is -0.920. The summed E-state index contributed by atoms with van der Waals surface area (Å²) in [4.78, 5) is 24.4. The SMILES string of the molecule is Cc1c[nH]cc1C(=O)NCCC(=O)O. The fraction of sp³-hybridized carbons (Fsp3) is 0.333. The number of rotatable bonds is 4. The summed E-state index contributed by atoms with van der Waals surface area (Å²) in [5.41, 5.74) is 1.40. The molecule has 0 aliphatic carbocycles. The van der Waals surface area contributed by atoms with Crippen molar-refractivity contribution >= 4 is 11.9 Å². The molecule has 0 bridgehead atoms. The molecule has 1 aromatic rings. The first kappa shape index (κ1) is 10.3. The van der Waals surface area contributed by atoms with Crippen molar-refractivity contribution in [1.82, 2.24) is 10.3 Å². The van der Waals surface area contributed by atoms with Crippen LogP contribution in [0.15, 0.2) is 12.4 Å². The van der Waals surface area contributed by atoms with Crippen molar-refractivity contribution in [2.45, 2.75) is 13.3 Å². The summed E-state index contributed by atoms with van der Waals surface area (Å²) in [5, 5.41) is 10.9. The molecule has 3 N–H and O–H groups in total. The Bertz CT molecular complexity index is 344. The Morgan fingerprint density at radius 3 is 2.71 bits per heavy atom. The number of aryl methyl sites for hydroxylation is 1. The molecule has 0 radical (unpaired) electrons. The molecule has 14 heavy (non-hydrogen) atoms. The number of aromatic amines is 1. The molecule has 1 rings (SSSR count). The average Bonchev–Trinajstić information content (AvgIpc) is 2.50.